The average molecular weight is 393 g/mol. The summed E-state index contributed by atoms with van der Waals surface area (Å²) in [5.41, 5.74) is 1.41. The van der Waals surface area contributed by atoms with Crippen LogP contribution in [-0.4, -0.2) is 54.5 Å². The molecule has 0 atom stereocenters. The molecule has 152 valence electrons. The maximum absolute atomic E-state index is 12.9. The highest BCUT2D eigenvalue weighted by Crippen LogP contribution is 2.32. The molecule has 1 N–H and O–H groups in total. The van der Waals surface area contributed by atoms with Gasteiger partial charge in [0, 0.05) is 37.4 Å². The molecule has 6 nitrogen and oxygen atoms in total. The van der Waals surface area contributed by atoms with Gasteiger partial charge in [-0.1, -0.05) is 37.1 Å². The number of carbonyl (C=O) groups excluding carboxylic acids is 2. The fraction of sp³-hybridized carbons (Fsp3) is 0.391. The molecule has 2 fully saturated rings. The number of nitrogens with zero attached hydrogens (tertiary/aromatic N) is 2. The van der Waals surface area contributed by atoms with E-state index in [2.05, 4.69) is 5.32 Å². The molecule has 2 aromatic rings. The molecule has 1 saturated carbocycles. The van der Waals surface area contributed by atoms with Gasteiger partial charge in [0.15, 0.2) is 0 Å². The monoisotopic (exact) mass is 393 g/mol. The van der Waals surface area contributed by atoms with Crippen LogP contribution >= 0.6 is 0 Å². The van der Waals surface area contributed by atoms with Crippen LogP contribution in [0.25, 0.3) is 0 Å². The molecule has 6 heteroatoms. The van der Waals surface area contributed by atoms with Crippen LogP contribution in [-0.2, 0) is 0 Å². The number of hydrogen-bond donors (Lipinski definition) is 1. The number of piperazine rings is 1. The maximum atomic E-state index is 12.9. The van der Waals surface area contributed by atoms with Gasteiger partial charge < -0.3 is 19.9 Å². The number of nitrogens with one attached hydrogen (secondary N) is 1. The van der Waals surface area contributed by atoms with Crippen molar-refractivity contribution in [1.29, 1.82) is 0 Å². The Bertz CT molecular complexity index is 843. The van der Waals surface area contributed by atoms with Crippen molar-refractivity contribution in [3.8, 4) is 5.75 Å². The number of urea groups is 1. The Morgan fingerprint density at radius 2 is 1.66 bits per heavy atom. The van der Waals surface area contributed by atoms with Gasteiger partial charge in [-0.05, 0) is 42.7 Å². The van der Waals surface area contributed by atoms with E-state index in [1.807, 2.05) is 54.6 Å². The lowest BCUT2D eigenvalue weighted by Crippen LogP contribution is -2.51. The third-order valence-electron chi connectivity index (χ3n) is 5.45. The van der Waals surface area contributed by atoms with E-state index in [4.69, 9.17) is 4.74 Å². The van der Waals surface area contributed by atoms with Crippen molar-refractivity contribution in [2.45, 2.75) is 19.3 Å². The van der Waals surface area contributed by atoms with Crippen molar-refractivity contribution < 1.29 is 14.3 Å². The van der Waals surface area contributed by atoms with Gasteiger partial charge in [-0.3, -0.25) is 4.79 Å². The first-order valence-corrected chi connectivity index (χ1v) is 10.3. The SMILES string of the molecule is O=C(Nc1ccccc1)N1CCN(C(=O)c2cccc(OCCC3CC3)c2)CC1. The van der Waals surface area contributed by atoms with Crippen molar-refractivity contribution >= 4 is 17.6 Å². The summed E-state index contributed by atoms with van der Waals surface area (Å²) in [5, 5.41) is 2.89. The highest BCUT2D eigenvalue weighted by Gasteiger charge is 2.25. The molecule has 0 radical (unpaired) electrons. The van der Waals surface area contributed by atoms with E-state index in [1.54, 1.807) is 9.80 Å². The standard InChI is InChI=1S/C23H27N3O3/c27-22(19-5-4-8-21(17-19)29-16-11-18-9-10-18)25-12-14-26(15-13-25)23(28)24-20-6-2-1-3-7-20/h1-8,17-18H,9-16H2,(H,24,28). The van der Waals surface area contributed by atoms with Gasteiger partial charge in [-0.15, -0.1) is 0 Å². The number of ether oxygens (including phenoxy) is 1. The molecule has 0 aromatic heterocycles. The summed E-state index contributed by atoms with van der Waals surface area (Å²) < 4.78 is 5.81. The van der Waals surface area contributed by atoms with Crippen LogP contribution in [0.1, 0.15) is 29.6 Å². The van der Waals surface area contributed by atoms with Crippen molar-refractivity contribution in [2.24, 2.45) is 5.92 Å². The summed E-state index contributed by atoms with van der Waals surface area (Å²) in [5.74, 6) is 1.56. The second-order valence-electron chi connectivity index (χ2n) is 7.68. The quantitative estimate of drug-likeness (QED) is 0.811. The summed E-state index contributed by atoms with van der Waals surface area (Å²) in [4.78, 5) is 28.8. The van der Waals surface area contributed by atoms with E-state index in [1.165, 1.54) is 12.8 Å². The van der Waals surface area contributed by atoms with E-state index in [0.29, 0.717) is 38.3 Å². The van der Waals surface area contributed by atoms with Crippen LogP contribution in [0.4, 0.5) is 10.5 Å². The molecule has 0 unspecified atom stereocenters. The molecule has 0 spiro atoms. The number of benzene rings is 2. The van der Waals surface area contributed by atoms with Crippen molar-refractivity contribution in [2.75, 3.05) is 38.1 Å². The number of amides is 3. The molecule has 1 heterocycles. The lowest BCUT2D eigenvalue weighted by atomic mass is 10.1. The third kappa shape index (κ3) is 5.28. The Balaban J connectivity index is 1.27. The van der Waals surface area contributed by atoms with E-state index in [-0.39, 0.29) is 11.9 Å². The maximum Gasteiger partial charge on any atom is 0.321 e. The van der Waals surface area contributed by atoms with Crippen LogP contribution in [0.5, 0.6) is 5.75 Å². The second kappa shape index (κ2) is 8.99. The Kier molecular flexibility index (Phi) is 5.98. The molecular formula is C23H27N3O3. The molecule has 29 heavy (non-hydrogen) atoms. The zero-order chi connectivity index (χ0) is 20.1. The van der Waals surface area contributed by atoms with E-state index in [0.717, 1.165) is 23.8 Å². The first kappa shape index (κ1) is 19.3. The highest BCUT2D eigenvalue weighted by molar-refractivity contribution is 5.95. The zero-order valence-electron chi connectivity index (χ0n) is 16.5. The molecule has 3 amide bonds. The van der Waals surface area contributed by atoms with Gasteiger partial charge in [0.2, 0.25) is 0 Å². The Labute approximate surface area is 171 Å². The third-order valence-corrected chi connectivity index (χ3v) is 5.45. The largest absolute Gasteiger partial charge is 0.494 e. The number of rotatable bonds is 6. The summed E-state index contributed by atoms with van der Waals surface area (Å²) in [6.07, 6.45) is 3.72. The lowest BCUT2D eigenvalue weighted by Gasteiger charge is -2.34. The van der Waals surface area contributed by atoms with Gasteiger partial charge in [-0.2, -0.15) is 0 Å². The lowest BCUT2D eigenvalue weighted by molar-refractivity contribution is 0.0671. The Morgan fingerprint density at radius 3 is 2.38 bits per heavy atom. The zero-order valence-corrected chi connectivity index (χ0v) is 16.5. The molecule has 2 aromatic carbocycles. The van der Waals surface area contributed by atoms with Crippen molar-refractivity contribution in [3.63, 3.8) is 0 Å². The topological polar surface area (TPSA) is 61.9 Å². The summed E-state index contributed by atoms with van der Waals surface area (Å²) in [6, 6.07) is 16.7. The predicted molar refractivity (Wildman–Crippen MR) is 112 cm³/mol. The fourth-order valence-corrected chi connectivity index (χ4v) is 3.49. The van der Waals surface area contributed by atoms with Crippen molar-refractivity contribution in [3.05, 3.63) is 60.2 Å². The van der Waals surface area contributed by atoms with Gasteiger partial charge in [0.1, 0.15) is 5.75 Å². The van der Waals surface area contributed by atoms with Crippen LogP contribution in [0.3, 0.4) is 0 Å². The minimum atomic E-state index is -0.130. The molecule has 1 saturated heterocycles. The van der Waals surface area contributed by atoms with Gasteiger partial charge >= 0.3 is 6.03 Å². The molecule has 2 aliphatic rings. The summed E-state index contributed by atoms with van der Waals surface area (Å²) >= 11 is 0. The number of hydrogen-bond acceptors (Lipinski definition) is 3. The number of carbonyl (C=O) groups is 2. The van der Waals surface area contributed by atoms with E-state index in [9.17, 15) is 9.59 Å². The van der Waals surface area contributed by atoms with Crippen LogP contribution in [0.2, 0.25) is 0 Å². The fourth-order valence-electron chi connectivity index (χ4n) is 3.49. The Morgan fingerprint density at radius 1 is 0.931 bits per heavy atom. The minimum absolute atomic E-state index is 0.0132. The average Bonchev–Trinajstić information content (AvgIpc) is 3.59. The minimum Gasteiger partial charge on any atom is -0.494 e. The number of para-hydroxylation sites is 1. The first-order chi connectivity index (χ1) is 14.2. The molecule has 1 aliphatic carbocycles. The van der Waals surface area contributed by atoms with Gasteiger partial charge in [0.05, 0.1) is 6.61 Å². The normalized spacial score (nSPS) is 16.4. The highest BCUT2D eigenvalue weighted by atomic mass is 16.5. The van der Waals surface area contributed by atoms with Gasteiger partial charge in [-0.25, -0.2) is 4.79 Å². The number of anilines is 1. The van der Waals surface area contributed by atoms with Gasteiger partial charge in [0.25, 0.3) is 5.91 Å². The van der Waals surface area contributed by atoms with Crippen molar-refractivity contribution in [1.82, 2.24) is 9.80 Å². The smallest absolute Gasteiger partial charge is 0.321 e. The predicted octanol–water partition coefficient (Wildman–Crippen LogP) is 3.86. The molecule has 0 bridgehead atoms. The van der Waals surface area contributed by atoms with Crippen LogP contribution in [0.15, 0.2) is 54.6 Å². The Hall–Kier alpha value is -3.02. The van der Waals surface area contributed by atoms with Crippen LogP contribution < -0.4 is 10.1 Å². The molecule has 1 aliphatic heterocycles. The summed E-state index contributed by atoms with van der Waals surface area (Å²) in [6.45, 7) is 2.78. The molecule has 4 rings (SSSR count). The van der Waals surface area contributed by atoms with E-state index < -0.39 is 0 Å². The van der Waals surface area contributed by atoms with E-state index >= 15 is 0 Å². The first-order valence-electron chi connectivity index (χ1n) is 10.3. The second-order valence-corrected chi connectivity index (χ2v) is 7.68. The summed E-state index contributed by atoms with van der Waals surface area (Å²) in [7, 11) is 0. The van der Waals surface area contributed by atoms with Crippen LogP contribution in [0, 0.1) is 5.92 Å². The molecular weight excluding hydrogens is 366 g/mol.